The van der Waals surface area contributed by atoms with Crippen molar-refractivity contribution in [2.75, 3.05) is 11.1 Å². The van der Waals surface area contributed by atoms with Gasteiger partial charge in [0.2, 0.25) is 5.95 Å². The van der Waals surface area contributed by atoms with Gasteiger partial charge >= 0.3 is 0 Å². The molecule has 3 aromatic heterocycles. The summed E-state index contributed by atoms with van der Waals surface area (Å²) in [7, 11) is 0. The molecule has 0 amide bonds. The van der Waals surface area contributed by atoms with Crippen molar-refractivity contribution >= 4 is 29.2 Å². The number of anilines is 3. The second-order valence-corrected chi connectivity index (χ2v) is 7.05. The summed E-state index contributed by atoms with van der Waals surface area (Å²) in [6, 6.07) is 14.7. The first-order valence-electron chi connectivity index (χ1n) is 8.55. The molecule has 0 radical (unpaired) electrons. The summed E-state index contributed by atoms with van der Waals surface area (Å²) in [6.45, 7) is 0. The maximum atomic E-state index is 14.5. The summed E-state index contributed by atoms with van der Waals surface area (Å²) in [5.74, 6) is 0.276. The van der Waals surface area contributed by atoms with Gasteiger partial charge in [0.25, 0.3) is 5.56 Å². The van der Waals surface area contributed by atoms with Crippen LogP contribution in [-0.2, 0) is 0 Å². The number of hydrogen-bond acceptors (Lipinski definition) is 7. The fourth-order valence-electron chi connectivity index (χ4n) is 2.60. The van der Waals surface area contributed by atoms with Crippen LogP contribution in [0.4, 0.5) is 21.8 Å². The molecule has 0 unspecified atom stereocenters. The van der Waals surface area contributed by atoms with E-state index >= 15 is 0 Å². The highest BCUT2D eigenvalue weighted by Crippen LogP contribution is 2.31. The molecule has 0 aliphatic heterocycles. The Morgan fingerprint density at radius 2 is 1.86 bits per heavy atom. The average molecular weight is 406 g/mol. The molecular weight excluding hydrogens is 391 g/mol. The Morgan fingerprint density at radius 3 is 2.62 bits per heavy atom. The number of aromatic nitrogens is 4. The molecule has 0 fully saturated rings. The van der Waals surface area contributed by atoms with Gasteiger partial charge in [0.15, 0.2) is 0 Å². The van der Waals surface area contributed by atoms with Crippen molar-refractivity contribution < 1.29 is 4.39 Å². The van der Waals surface area contributed by atoms with Crippen molar-refractivity contribution in [2.24, 2.45) is 0 Å². The first-order valence-corrected chi connectivity index (χ1v) is 9.37. The Labute approximate surface area is 169 Å². The van der Waals surface area contributed by atoms with E-state index in [1.807, 2.05) is 12.1 Å². The van der Waals surface area contributed by atoms with Crippen molar-refractivity contribution in [2.45, 2.75) is 9.79 Å². The van der Waals surface area contributed by atoms with E-state index < -0.39 is 0 Å². The van der Waals surface area contributed by atoms with Gasteiger partial charge in [0.05, 0.1) is 0 Å². The normalized spacial score (nSPS) is 10.7. The van der Waals surface area contributed by atoms with Crippen molar-refractivity contribution in [1.82, 2.24) is 19.5 Å². The van der Waals surface area contributed by atoms with Gasteiger partial charge in [-0.05, 0) is 36.4 Å². The number of rotatable bonds is 5. The monoisotopic (exact) mass is 406 g/mol. The van der Waals surface area contributed by atoms with Crippen LogP contribution in [0.15, 0.2) is 87.8 Å². The minimum Gasteiger partial charge on any atom is -0.368 e. The number of hydrogen-bond donors (Lipinski definition) is 2. The van der Waals surface area contributed by atoms with Crippen molar-refractivity contribution in [1.29, 1.82) is 0 Å². The second-order valence-electron chi connectivity index (χ2n) is 5.93. The number of benzene rings is 1. The van der Waals surface area contributed by atoms with E-state index in [0.29, 0.717) is 22.2 Å². The summed E-state index contributed by atoms with van der Waals surface area (Å²) in [5, 5.41) is 3.00. The van der Waals surface area contributed by atoms with Gasteiger partial charge in [-0.1, -0.05) is 17.8 Å². The Balaban J connectivity index is 1.59. The third kappa shape index (κ3) is 4.41. The molecule has 0 bridgehead atoms. The summed E-state index contributed by atoms with van der Waals surface area (Å²) in [4.78, 5) is 25.5. The highest BCUT2D eigenvalue weighted by atomic mass is 32.2. The van der Waals surface area contributed by atoms with E-state index in [4.69, 9.17) is 5.73 Å². The first-order chi connectivity index (χ1) is 14.1. The molecule has 0 saturated heterocycles. The van der Waals surface area contributed by atoms with E-state index in [1.165, 1.54) is 28.5 Å². The molecule has 1 aromatic carbocycles. The SMILES string of the molecule is Nc1nc(Nc2ccc(Sc3ccncc3)c(F)c2)cc(-n2ccccc2=O)n1. The Hall–Kier alpha value is -3.72. The Morgan fingerprint density at radius 1 is 1.03 bits per heavy atom. The lowest BCUT2D eigenvalue weighted by molar-refractivity contribution is 0.602. The Kier molecular flexibility index (Phi) is 5.21. The molecule has 4 aromatic rings. The molecule has 7 nitrogen and oxygen atoms in total. The zero-order valence-electron chi connectivity index (χ0n) is 15.0. The highest BCUT2D eigenvalue weighted by Gasteiger charge is 2.09. The van der Waals surface area contributed by atoms with Crippen LogP contribution in [0.1, 0.15) is 0 Å². The van der Waals surface area contributed by atoms with Crippen LogP contribution in [0.2, 0.25) is 0 Å². The molecular formula is C20H15FN6OS. The van der Waals surface area contributed by atoms with Crippen LogP contribution in [0.5, 0.6) is 0 Å². The third-order valence-electron chi connectivity index (χ3n) is 3.88. The summed E-state index contributed by atoms with van der Waals surface area (Å²) < 4.78 is 15.9. The lowest BCUT2D eigenvalue weighted by Crippen LogP contribution is -2.18. The van der Waals surface area contributed by atoms with Gasteiger partial charge < -0.3 is 11.1 Å². The fraction of sp³-hybridized carbons (Fsp3) is 0. The minimum absolute atomic E-state index is 0.00825. The number of nitrogen functional groups attached to an aromatic ring is 1. The summed E-state index contributed by atoms with van der Waals surface area (Å²) in [6.07, 6.45) is 4.90. The van der Waals surface area contributed by atoms with Gasteiger partial charge in [-0.3, -0.25) is 14.3 Å². The molecule has 9 heteroatoms. The summed E-state index contributed by atoms with van der Waals surface area (Å²) in [5.41, 5.74) is 6.02. The van der Waals surface area contributed by atoms with Crippen molar-refractivity contribution in [3.8, 4) is 5.82 Å². The molecule has 3 heterocycles. The zero-order chi connectivity index (χ0) is 20.2. The van der Waals surface area contributed by atoms with Crippen LogP contribution < -0.4 is 16.6 Å². The lowest BCUT2D eigenvalue weighted by atomic mass is 10.3. The molecule has 3 N–H and O–H groups in total. The largest absolute Gasteiger partial charge is 0.368 e. The Bertz CT molecular complexity index is 1220. The number of pyridine rings is 2. The average Bonchev–Trinajstić information content (AvgIpc) is 2.71. The molecule has 0 aliphatic carbocycles. The van der Waals surface area contributed by atoms with E-state index in [-0.39, 0.29) is 17.3 Å². The van der Waals surface area contributed by atoms with Crippen LogP contribution in [0.25, 0.3) is 5.82 Å². The molecule has 4 rings (SSSR count). The highest BCUT2D eigenvalue weighted by molar-refractivity contribution is 7.99. The van der Waals surface area contributed by atoms with Gasteiger partial charge in [-0.15, -0.1) is 0 Å². The topological polar surface area (TPSA) is 98.7 Å². The van der Waals surface area contributed by atoms with Gasteiger partial charge in [0, 0.05) is 46.2 Å². The maximum absolute atomic E-state index is 14.5. The number of nitrogens with two attached hydrogens (primary N) is 1. The smallest absolute Gasteiger partial charge is 0.256 e. The molecule has 144 valence electrons. The quantitative estimate of drug-likeness (QED) is 0.522. The van der Waals surface area contributed by atoms with E-state index in [2.05, 4.69) is 20.3 Å². The fourth-order valence-corrected chi connectivity index (χ4v) is 3.40. The van der Waals surface area contributed by atoms with Crippen LogP contribution in [0.3, 0.4) is 0 Å². The zero-order valence-corrected chi connectivity index (χ0v) is 15.8. The van der Waals surface area contributed by atoms with Crippen LogP contribution in [-0.4, -0.2) is 19.5 Å². The lowest BCUT2D eigenvalue weighted by Gasteiger charge is -2.11. The molecule has 0 saturated carbocycles. The van der Waals surface area contributed by atoms with Crippen molar-refractivity contribution in [3.05, 3.63) is 89.4 Å². The van der Waals surface area contributed by atoms with Gasteiger partial charge in [-0.25, -0.2) is 4.39 Å². The summed E-state index contributed by atoms with van der Waals surface area (Å²) >= 11 is 1.31. The van der Waals surface area contributed by atoms with Crippen LogP contribution in [0, 0.1) is 5.82 Å². The predicted octanol–water partition coefficient (Wildman–Crippen LogP) is 3.64. The molecule has 0 spiro atoms. The molecule has 29 heavy (non-hydrogen) atoms. The minimum atomic E-state index is -0.377. The maximum Gasteiger partial charge on any atom is 0.256 e. The first kappa shape index (κ1) is 18.6. The predicted molar refractivity (Wildman–Crippen MR) is 110 cm³/mol. The second kappa shape index (κ2) is 8.11. The van der Waals surface area contributed by atoms with E-state index in [1.54, 1.807) is 48.9 Å². The molecule has 0 aliphatic rings. The standard InChI is InChI=1S/C20H15FN6OS/c21-15-11-13(4-5-16(15)29-14-6-8-23-9-7-14)24-17-12-18(26-20(22)25-17)27-10-2-1-3-19(27)28/h1-12H,(H3,22,24,25,26). The number of halogens is 1. The van der Waals surface area contributed by atoms with Gasteiger partial charge in [-0.2, -0.15) is 9.97 Å². The van der Waals surface area contributed by atoms with Crippen molar-refractivity contribution in [3.63, 3.8) is 0 Å². The number of nitrogens with one attached hydrogen (secondary N) is 1. The van der Waals surface area contributed by atoms with Crippen LogP contribution >= 0.6 is 11.8 Å². The van der Waals surface area contributed by atoms with E-state index in [0.717, 1.165) is 4.90 Å². The van der Waals surface area contributed by atoms with E-state index in [9.17, 15) is 9.18 Å². The molecule has 0 atom stereocenters. The van der Waals surface area contributed by atoms with Gasteiger partial charge in [0.1, 0.15) is 17.5 Å². The third-order valence-corrected chi connectivity index (χ3v) is 4.94. The number of nitrogens with zero attached hydrogens (tertiary/aromatic N) is 4.